The molecule has 4 rings (SSSR count). The number of nitrogens with zero attached hydrogens (tertiary/aromatic N) is 5. The molecule has 2 aromatic rings. The molecule has 0 bridgehead atoms. The molecule has 1 saturated heterocycles. The van der Waals surface area contributed by atoms with Gasteiger partial charge in [-0.1, -0.05) is 18.2 Å². The summed E-state index contributed by atoms with van der Waals surface area (Å²) in [7, 11) is 0. The van der Waals surface area contributed by atoms with Gasteiger partial charge in [-0.25, -0.2) is 0 Å². The van der Waals surface area contributed by atoms with Gasteiger partial charge in [0.1, 0.15) is 18.1 Å². The largest absolute Gasteiger partial charge is 0.396 e. The number of carbonyl (C=O) groups excluding carboxylic acids is 1. The van der Waals surface area contributed by atoms with E-state index in [-0.39, 0.29) is 11.7 Å². The molecule has 1 fully saturated rings. The minimum absolute atomic E-state index is 0.0114. The van der Waals surface area contributed by atoms with Crippen LogP contribution in [-0.2, 0) is 19.5 Å². The lowest BCUT2D eigenvalue weighted by Gasteiger charge is -2.30. The number of aromatic nitrogens is 3. The maximum atomic E-state index is 12.6. The van der Waals surface area contributed by atoms with Crippen LogP contribution < -0.4 is 0 Å². The third-order valence-electron chi connectivity index (χ3n) is 5.38. The van der Waals surface area contributed by atoms with E-state index < -0.39 is 12.6 Å². The van der Waals surface area contributed by atoms with E-state index in [4.69, 9.17) is 0 Å². The van der Waals surface area contributed by atoms with Crippen LogP contribution in [0.1, 0.15) is 28.4 Å². The van der Waals surface area contributed by atoms with Crippen LogP contribution in [0, 0.1) is 5.92 Å². The highest BCUT2D eigenvalue weighted by Crippen LogP contribution is 2.24. The number of benzene rings is 1. The zero-order valence-electron chi connectivity index (χ0n) is 15.4. The first-order valence-corrected chi connectivity index (χ1v) is 9.43. The Kier molecular flexibility index (Phi) is 5.09. The molecule has 0 saturated carbocycles. The Hall–Kier alpha value is -2.42. The number of likely N-dealkylation sites (tertiary alicyclic amines) is 1. The molecule has 9 heteroatoms. The van der Waals surface area contributed by atoms with Crippen molar-refractivity contribution in [2.24, 2.45) is 5.92 Å². The first-order chi connectivity index (χ1) is 13.4. The summed E-state index contributed by atoms with van der Waals surface area (Å²) in [5.41, 5.74) is 0.700. The highest BCUT2D eigenvalue weighted by Gasteiger charge is 2.33. The van der Waals surface area contributed by atoms with Crippen molar-refractivity contribution >= 4 is 5.91 Å². The molecule has 0 N–H and O–H groups in total. The fourth-order valence-electron chi connectivity index (χ4n) is 4.03. The van der Waals surface area contributed by atoms with Gasteiger partial charge >= 0.3 is 6.18 Å². The van der Waals surface area contributed by atoms with E-state index in [2.05, 4.69) is 15.1 Å². The van der Waals surface area contributed by atoms with Crippen molar-refractivity contribution in [2.45, 2.75) is 32.1 Å². The fourth-order valence-corrected chi connectivity index (χ4v) is 4.03. The highest BCUT2D eigenvalue weighted by atomic mass is 19.4. The number of halogens is 3. The molecule has 2 aliphatic heterocycles. The molecular formula is C19H22F3N5O. The van der Waals surface area contributed by atoms with Gasteiger partial charge in [-0.3, -0.25) is 9.69 Å². The van der Waals surface area contributed by atoms with Gasteiger partial charge in [0.15, 0.2) is 0 Å². The standard InChI is InChI=1S/C19H22F3N5O/c20-19(21,22)10-16-23-24-17-13-25(8-9-27(16)17)11-14-6-7-26(12-14)18(28)15-4-2-1-3-5-15/h1-5,14H,6-13H2/t14-/m1/s1. The molecule has 2 aliphatic rings. The topological polar surface area (TPSA) is 54.3 Å². The Balaban J connectivity index is 1.32. The van der Waals surface area contributed by atoms with E-state index in [9.17, 15) is 18.0 Å². The highest BCUT2D eigenvalue weighted by molar-refractivity contribution is 5.94. The van der Waals surface area contributed by atoms with Crippen LogP contribution >= 0.6 is 0 Å². The van der Waals surface area contributed by atoms with Crippen LogP contribution in [0.4, 0.5) is 13.2 Å². The summed E-state index contributed by atoms with van der Waals surface area (Å²) in [6, 6.07) is 9.26. The summed E-state index contributed by atoms with van der Waals surface area (Å²) < 4.78 is 39.5. The third kappa shape index (κ3) is 4.19. The second kappa shape index (κ2) is 7.54. The molecule has 3 heterocycles. The SMILES string of the molecule is O=C(c1ccccc1)N1CC[C@H](CN2CCn3c(nnc3CC(F)(F)F)C2)C1. The molecule has 1 amide bonds. The van der Waals surface area contributed by atoms with Gasteiger partial charge in [0, 0.05) is 38.3 Å². The number of fused-ring (bicyclic) bond motifs is 1. The molecule has 1 atom stereocenters. The van der Waals surface area contributed by atoms with Crippen molar-refractivity contribution in [3.8, 4) is 0 Å². The van der Waals surface area contributed by atoms with Crippen molar-refractivity contribution < 1.29 is 18.0 Å². The van der Waals surface area contributed by atoms with Gasteiger partial charge in [0.25, 0.3) is 5.91 Å². The second-order valence-electron chi connectivity index (χ2n) is 7.48. The minimum Gasteiger partial charge on any atom is -0.338 e. The Morgan fingerprint density at radius 2 is 1.89 bits per heavy atom. The number of hydrogen-bond acceptors (Lipinski definition) is 4. The van der Waals surface area contributed by atoms with Gasteiger partial charge < -0.3 is 9.47 Å². The van der Waals surface area contributed by atoms with Crippen LogP contribution in [0.2, 0.25) is 0 Å². The van der Waals surface area contributed by atoms with Crippen molar-refractivity contribution in [3.05, 3.63) is 47.5 Å². The maximum absolute atomic E-state index is 12.6. The molecule has 0 aliphatic carbocycles. The van der Waals surface area contributed by atoms with Crippen molar-refractivity contribution in [1.82, 2.24) is 24.6 Å². The van der Waals surface area contributed by atoms with E-state index in [1.54, 1.807) is 4.57 Å². The van der Waals surface area contributed by atoms with Crippen molar-refractivity contribution in [2.75, 3.05) is 26.2 Å². The van der Waals surface area contributed by atoms with E-state index in [1.807, 2.05) is 35.2 Å². The Morgan fingerprint density at radius 1 is 1.11 bits per heavy atom. The van der Waals surface area contributed by atoms with Crippen molar-refractivity contribution in [1.29, 1.82) is 0 Å². The number of rotatable bonds is 4. The van der Waals surface area contributed by atoms with Crippen LogP contribution in [0.3, 0.4) is 0 Å². The predicted molar refractivity (Wildman–Crippen MR) is 95.5 cm³/mol. The van der Waals surface area contributed by atoms with Gasteiger partial charge in [0.05, 0.1) is 6.54 Å². The molecule has 1 aromatic carbocycles. The Morgan fingerprint density at radius 3 is 2.64 bits per heavy atom. The molecule has 6 nitrogen and oxygen atoms in total. The van der Waals surface area contributed by atoms with E-state index >= 15 is 0 Å². The monoisotopic (exact) mass is 393 g/mol. The molecular weight excluding hydrogens is 371 g/mol. The fraction of sp³-hybridized carbons (Fsp3) is 0.526. The lowest BCUT2D eigenvalue weighted by Crippen LogP contribution is -2.38. The summed E-state index contributed by atoms with van der Waals surface area (Å²) in [6.07, 6.45) is -4.39. The van der Waals surface area contributed by atoms with Gasteiger partial charge in [-0.2, -0.15) is 13.2 Å². The summed E-state index contributed by atoms with van der Waals surface area (Å²) in [5, 5.41) is 7.69. The zero-order chi connectivity index (χ0) is 19.7. The van der Waals surface area contributed by atoms with Gasteiger partial charge in [-0.15, -0.1) is 10.2 Å². The maximum Gasteiger partial charge on any atom is 0.396 e. The average molecular weight is 393 g/mol. The summed E-state index contributed by atoms with van der Waals surface area (Å²) in [6.45, 7) is 3.87. The Bertz CT molecular complexity index is 836. The first-order valence-electron chi connectivity index (χ1n) is 9.43. The number of alkyl halides is 3. The smallest absolute Gasteiger partial charge is 0.338 e. The number of hydrogen-bond donors (Lipinski definition) is 0. The summed E-state index contributed by atoms with van der Waals surface area (Å²) >= 11 is 0. The normalized spacial score (nSPS) is 20.4. The molecule has 0 radical (unpaired) electrons. The summed E-state index contributed by atoms with van der Waals surface area (Å²) in [4.78, 5) is 16.6. The Labute approximate surface area is 160 Å². The van der Waals surface area contributed by atoms with E-state index in [0.29, 0.717) is 43.5 Å². The average Bonchev–Trinajstić information content (AvgIpc) is 3.28. The summed E-state index contributed by atoms with van der Waals surface area (Å²) in [5.74, 6) is 0.985. The van der Waals surface area contributed by atoms with Gasteiger partial charge in [0.2, 0.25) is 0 Å². The lowest BCUT2D eigenvalue weighted by molar-refractivity contribution is -0.129. The quantitative estimate of drug-likeness (QED) is 0.800. The molecule has 0 spiro atoms. The number of amides is 1. The first kappa shape index (κ1) is 18.9. The minimum atomic E-state index is -4.28. The van der Waals surface area contributed by atoms with Crippen LogP contribution in [-0.4, -0.2) is 62.8 Å². The van der Waals surface area contributed by atoms with E-state index in [0.717, 1.165) is 19.5 Å². The van der Waals surface area contributed by atoms with E-state index in [1.165, 1.54) is 0 Å². The van der Waals surface area contributed by atoms with Gasteiger partial charge in [-0.05, 0) is 24.5 Å². The second-order valence-corrected chi connectivity index (χ2v) is 7.48. The van der Waals surface area contributed by atoms with Crippen LogP contribution in [0.25, 0.3) is 0 Å². The molecule has 150 valence electrons. The molecule has 1 aromatic heterocycles. The van der Waals surface area contributed by atoms with Crippen LogP contribution in [0.5, 0.6) is 0 Å². The lowest BCUT2D eigenvalue weighted by atomic mass is 10.1. The third-order valence-corrected chi connectivity index (χ3v) is 5.38. The predicted octanol–water partition coefficient (Wildman–Crippen LogP) is 2.36. The van der Waals surface area contributed by atoms with Crippen molar-refractivity contribution in [3.63, 3.8) is 0 Å². The molecule has 28 heavy (non-hydrogen) atoms. The zero-order valence-corrected chi connectivity index (χ0v) is 15.4. The number of carbonyl (C=O) groups is 1. The van der Waals surface area contributed by atoms with Crippen LogP contribution in [0.15, 0.2) is 30.3 Å². The molecule has 0 unspecified atom stereocenters.